The van der Waals surface area contributed by atoms with E-state index in [1.54, 1.807) is 71.5 Å². The van der Waals surface area contributed by atoms with Crippen LogP contribution in [0, 0.1) is 38.5 Å². The van der Waals surface area contributed by atoms with E-state index in [-0.39, 0.29) is 53.9 Å². The molecule has 7 aromatic heterocycles. The predicted octanol–water partition coefficient (Wildman–Crippen LogP) is 19.4. The Morgan fingerprint density at radius 3 is 1.16 bits per heavy atom. The first-order chi connectivity index (χ1) is 58.4. The zero-order chi connectivity index (χ0) is 88.0. The van der Waals surface area contributed by atoms with Crippen LogP contribution < -0.4 is 48.6 Å². The number of imidazole rings is 3. The number of benzene rings is 4. The summed E-state index contributed by atoms with van der Waals surface area (Å²) >= 11 is 18.5. The van der Waals surface area contributed by atoms with Crippen molar-refractivity contribution in [3.05, 3.63) is 171 Å². The van der Waals surface area contributed by atoms with Crippen LogP contribution in [0.2, 0.25) is 15.3 Å². The number of halogens is 3. The highest BCUT2D eigenvalue weighted by atomic mass is 35.5. The molecule has 6 fully saturated rings. The second kappa shape index (κ2) is 39.4. The van der Waals surface area contributed by atoms with Gasteiger partial charge in [0, 0.05) is 113 Å². The molecule has 33 heteroatoms. The topological polar surface area (TPSA) is 353 Å². The van der Waals surface area contributed by atoms with Gasteiger partial charge >= 0.3 is 0 Å². The van der Waals surface area contributed by atoms with Gasteiger partial charge in [0.1, 0.15) is 109 Å². The smallest absolute Gasteiger partial charge is 0.220 e. The van der Waals surface area contributed by atoms with Crippen molar-refractivity contribution in [3.63, 3.8) is 0 Å². The number of nitrogens with zero attached hydrogens (tertiary/aromatic N) is 11. The number of primary amides is 1. The number of rotatable bonds is 20. The van der Waals surface area contributed by atoms with Crippen molar-refractivity contribution < 1.29 is 46.9 Å². The normalized spacial score (nSPS) is 17.7. The van der Waals surface area contributed by atoms with Gasteiger partial charge in [-0.25, -0.2) is 29.9 Å². The molecule has 4 aliphatic heterocycles. The van der Waals surface area contributed by atoms with Crippen LogP contribution in [0.25, 0.3) is 33.5 Å². The molecule has 11 heterocycles. The second-order valence-electron chi connectivity index (χ2n) is 34.0. The molecule has 26 nitrogen and oxygen atoms in total. The summed E-state index contributed by atoms with van der Waals surface area (Å²) in [5.41, 5.74) is 24.4. The molecule has 1 amide bonds. The Morgan fingerprint density at radius 2 is 0.780 bits per heavy atom. The van der Waals surface area contributed by atoms with Gasteiger partial charge in [0.05, 0.1) is 39.2 Å². The lowest BCUT2D eigenvalue weighted by atomic mass is 10.1. The summed E-state index contributed by atoms with van der Waals surface area (Å²) in [5.74, 6) is 3.56. The molecule has 7 N–H and O–H groups in total. The number of hydrogen-bond donors (Lipinski definition) is 5. The van der Waals surface area contributed by atoms with Gasteiger partial charge in [-0.3, -0.25) is 38.1 Å². The molecule has 7 aliphatic rings. The largest absolute Gasteiger partial charge is 0.398 e. The number of anilines is 7. The summed E-state index contributed by atoms with van der Waals surface area (Å²) < 4.78 is 73.8. The second-order valence-corrected chi connectivity index (χ2v) is 47.9. The van der Waals surface area contributed by atoms with E-state index in [4.69, 9.17) is 80.4 Å². The van der Waals surface area contributed by atoms with E-state index in [1.165, 1.54) is 0 Å². The lowest BCUT2D eigenvalue weighted by Gasteiger charge is -2.25. The minimum atomic E-state index is -2.50. The van der Waals surface area contributed by atoms with Gasteiger partial charge in [-0.1, -0.05) is 83.3 Å². The number of aromatic nitrogens is 10. The van der Waals surface area contributed by atoms with E-state index >= 15 is 0 Å². The van der Waals surface area contributed by atoms with E-state index in [0.29, 0.717) is 57.1 Å². The average molecular weight is 1810 g/mol. The third-order valence-corrected chi connectivity index (χ3v) is 29.0. The number of Topliss-reactive ketones (excluding diaryl/α,β-unsaturated/α-hetero) is 2. The highest BCUT2D eigenvalue weighted by Crippen LogP contribution is 2.46. The highest BCUT2D eigenvalue weighted by Gasteiger charge is 2.34. The van der Waals surface area contributed by atoms with Crippen molar-refractivity contribution in [2.75, 3.05) is 94.8 Å². The van der Waals surface area contributed by atoms with E-state index in [9.17, 15) is 32.6 Å². The molecule has 4 aromatic carbocycles. The third-order valence-electron chi connectivity index (χ3n) is 22.1. The highest BCUT2D eigenvalue weighted by molar-refractivity contribution is 7.71. The minimum absolute atomic E-state index is 0.00853. The molecule has 11 aromatic rings. The Morgan fingerprint density at radius 1 is 0.423 bits per heavy atom. The van der Waals surface area contributed by atoms with Gasteiger partial charge in [-0.05, 0) is 244 Å². The molecular formula is C90H111Cl3N16O10P4. The third kappa shape index (κ3) is 23.5. The van der Waals surface area contributed by atoms with E-state index in [0.717, 1.165) is 234 Å². The van der Waals surface area contributed by atoms with Gasteiger partial charge in [0.2, 0.25) is 5.91 Å². The molecule has 0 radical (unpaired) electrons. The van der Waals surface area contributed by atoms with E-state index < -0.39 is 28.6 Å². The Balaban J connectivity index is 0.000000134. The van der Waals surface area contributed by atoms with E-state index in [2.05, 4.69) is 40.5 Å². The van der Waals surface area contributed by atoms with Crippen LogP contribution in [0.1, 0.15) is 156 Å². The molecule has 3 unspecified atom stereocenters. The molecule has 0 spiro atoms. The summed E-state index contributed by atoms with van der Waals surface area (Å²) in [6.45, 7) is 24.2. The van der Waals surface area contributed by atoms with Gasteiger partial charge < -0.3 is 59.9 Å². The molecule has 3 atom stereocenters. The van der Waals surface area contributed by atoms with E-state index in [1.807, 2.05) is 140 Å². The molecule has 18 rings (SSSR count). The fourth-order valence-electron chi connectivity index (χ4n) is 15.5. The number of aliphatic imine (C=N–C) groups is 1. The number of ketones is 2. The first kappa shape index (κ1) is 91.9. The van der Waals surface area contributed by atoms with Crippen LogP contribution in [0.4, 0.5) is 45.5 Å². The summed E-state index contributed by atoms with van der Waals surface area (Å²) in [5, 5.41) is 14.8. The number of fused-ring (bicyclic) bond motifs is 4. The summed E-state index contributed by atoms with van der Waals surface area (Å²) in [7, 11) is -9.56. The van der Waals surface area contributed by atoms with Crippen LogP contribution in [0.3, 0.4) is 0 Å². The molecule has 3 saturated carbocycles. The van der Waals surface area contributed by atoms with Crippen molar-refractivity contribution in [2.45, 2.75) is 162 Å². The number of nitrogens with one attached hydrogen (secondary N) is 3. The number of ether oxygens (including phenoxy) is 3. The molecule has 652 valence electrons. The number of hydrogen-bond acceptors (Lipinski definition) is 22. The number of para-hydroxylation sites is 4. The van der Waals surface area contributed by atoms with Crippen LogP contribution in [0.5, 0.6) is 0 Å². The fourth-order valence-corrected chi connectivity index (χ4v) is 20.8. The maximum absolute atomic E-state index is 12.9. The SMILES string of the molecule is CC1=Nc2c(Nc3ccccc3P(C)(C)=O)cc(CC(=O)C3CC3)nc2C1.CP(C)(=O)c1ccccc1N.Cc1nc2c(Cl)cc(Cl)nc2n1C1CCCCO1.Cc1nc2c(Nc3ccccc3P(C)(C)=O)cc(CC(=O)C3CC3)nc2n1C1CCCCO1.Cc1nc2c(Nc3ccccc3P(C)(C)=O)cc(Cl)nc2n1C1CCCCO1.NC(=O)C1CC1. The number of carbonyl (C=O) groups is 3. The molecule has 3 aliphatic carbocycles. The predicted molar refractivity (Wildman–Crippen MR) is 500 cm³/mol. The van der Waals surface area contributed by atoms with Crippen molar-refractivity contribution in [3.8, 4) is 0 Å². The standard InChI is InChI=1S/C25H31N4O3P.C21H24N3O2P.C20H24ClN4O2P.C12H13Cl2N3O.C8H12NOP.C4H7NO/c1-16-26-24-20(28-19-8-4-5-9-22(19)33(2,3)31)14-18(15-21(30)17-11-12-17)27-25(24)29(16)23-10-6-7-13-32-23;1-13-10-17-21(22-13)18(11-15(23-17)12-19(25)14-8-9-14)24-16-6-4-5-7-20(16)27(2,3)26;1-13-22-19-15(23-14-8-4-5-9-16(14)28(2,3)26)12-17(21)24-20(19)25(13)18-10-6-7-11-27-18;1-7-15-11-8(13)6-9(14)16-12(11)17(7)10-4-2-3-5-18-10;1-11(2,10)8-6-4-3-5-7(8)9;5-4(6)3-1-2-3/h4-5,8-9,14,17,23H,6-7,10-13,15H2,1-3H3,(H,27,28);4-7,11,14H,8-10,12H2,1-3H3,(H,23,24);4-5,8-9,12,18H,6-7,10-11H2,1-3H3,(H,23,24);6,10H,2-5H2,1H3;3-6H,9H2,1-2H3;3H,1-2H2,(H2,5,6). The molecular weight excluding hydrogens is 1700 g/mol. The summed E-state index contributed by atoms with van der Waals surface area (Å²) in [4.78, 5) is 72.0. The Bertz CT molecular complexity index is 6000. The first-order valence-electron chi connectivity index (χ1n) is 42.0. The number of nitrogen functional groups attached to an aromatic ring is 1. The van der Waals surface area contributed by atoms with Gasteiger partial charge in [0.25, 0.3) is 0 Å². The lowest BCUT2D eigenvalue weighted by Crippen LogP contribution is -2.19. The zero-order valence-corrected chi connectivity index (χ0v) is 77.8. The number of aryl methyl sites for hydroxylation is 3. The molecule has 3 saturated heterocycles. The van der Waals surface area contributed by atoms with Crippen molar-refractivity contribution in [1.82, 2.24) is 48.6 Å². The Kier molecular flexibility index (Phi) is 29.5. The van der Waals surface area contributed by atoms with Gasteiger partial charge in [0.15, 0.2) is 16.9 Å². The number of amides is 1. The monoisotopic (exact) mass is 1800 g/mol. The Labute approximate surface area is 733 Å². The van der Waals surface area contributed by atoms with Crippen LogP contribution in [-0.2, 0) is 66.1 Å². The first-order valence-corrected chi connectivity index (χ1v) is 53.5. The molecule has 123 heavy (non-hydrogen) atoms. The van der Waals surface area contributed by atoms with Crippen molar-refractivity contribution in [1.29, 1.82) is 0 Å². The van der Waals surface area contributed by atoms with Gasteiger partial charge in [-0.15, -0.1) is 0 Å². The maximum atomic E-state index is 12.9. The van der Waals surface area contributed by atoms with Crippen LogP contribution in [-0.4, -0.2) is 145 Å². The fraction of sp³-hybridized carbons (Fsp3) is 0.433. The summed E-state index contributed by atoms with van der Waals surface area (Å²) in [6, 6.07) is 37.5. The van der Waals surface area contributed by atoms with Crippen molar-refractivity contribution >= 4 is 187 Å². The van der Waals surface area contributed by atoms with Crippen LogP contribution in [0.15, 0.2) is 126 Å². The number of carbonyl (C=O) groups excluding carboxylic acids is 3. The minimum Gasteiger partial charge on any atom is -0.398 e. The average Bonchev–Trinajstić information content (AvgIpc) is 1.63. The Hall–Kier alpha value is -8.76. The summed E-state index contributed by atoms with van der Waals surface area (Å²) in [6.07, 6.45) is 16.7. The van der Waals surface area contributed by atoms with Crippen molar-refractivity contribution in [2.24, 2.45) is 28.5 Å². The maximum Gasteiger partial charge on any atom is 0.220 e. The molecule has 0 bridgehead atoms. The lowest BCUT2D eigenvalue weighted by molar-refractivity contribution is -0.120. The number of nitrogens with two attached hydrogens (primary N) is 2. The number of pyridine rings is 4. The zero-order valence-electron chi connectivity index (χ0n) is 71.9. The van der Waals surface area contributed by atoms with Crippen LogP contribution >= 0.6 is 63.4 Å². The quantitative estimate of drug-likeness (QED) is 0.0269. The van der Waals surface area contributed by atoms with Gasteiger partial charge in [-0.2, -0.15) is 0 Å².